The summed E-state index contributed by atoms with van der Waals surface area (Å²) in [6.07, 6.45) is 8.92. The Labute approximate surface area is 65.0 Å². The second-order valence-corrected chi connectivity index (χ2v) is 4.08. The van der Waals surface area contributed by atoms with Crippen molar-refractivity contribution in [2.45, 2.75) is 52.4 Å². The fourth-order valence-electron chi connectivity index (χ4n) is 1.49. The molecule has 2 fully saturated rings. The zero-order valence-electron chi connectivity index (χ0n) is 7.40. The van der Waals surface area contributed by atoms with E-state index in [0.717, 1.165) is 11.8 Å². The lowest BCUT2D eigenvalue weighted by molar-refractivity contribution is 0.555. The van der Waals surface area contributed by atoms with Gasteiger partial charge in [0.1, 0.15) is 0 Å². The Bertz CT molecular complexity index is 73.3. The van der Waals surface area contributed by atoms with Gasteiger partial charge in [-0.2, -0.15) is 0 Å². The van der Waals surface area contributed by atoms with Gasteiger partial charge in [0.05, 0.1) is 0 Å². The Hall–Kier alpha value is 0. The maximum absolute atomic E-state index is 2.35. The van der Waals surface area contributed by atoms with Crippen LogP contribution in [-0.4, -0.2) is 0 Å². The molecule has 0 aromatic rings. The van der Waals surface area contributed by atoms with Crippen LogP contribution in [0.25, 0.3) is 0 Å². The van der Waals surface area contributed by atoms with Crippen LogP contribution in [0.5, 0.6) is 0 Å². The highest BCUT2D eigenvalue weighted by atomic mass is 14.2. The molecular weight excluding hydrogens is 120 g/mol. The van der Waals surface area contributed by atoms with Gasteiger partial charge < -0.3 is 0 Å². The van der Waals surface area contributed by atoms with Crippen molar-refractivity contribution in [3.8, 4) is 0 Å². The van der Waals surface area contributed by atoms with Crippen LogP contribution < -0.4 is 0 Å². The molecule has 0 amide bonds. The predicted octanol–water partition coefficient (Wildman–Crippen LogP) is 3.61. The van der Waals surface area contributed by atoms with Crippen molar-refractivity contribution >= 4 is 0 Å². The topological polar surface area (TPSA) is 0 Å². The molecule has 0 bridgehead atoms. The molecule has 0 aromatic heterocycles. The van der Waals surface area contributed by atoms with Gasteiger partial charge in [-0.25, -0.2) is 0 Å². The first-order valence-electron chi connectivity index (χ1n) is 4.79. The molecular formula is C10H20. The Morgan fingerprint density at radius 3 is 1.30 bits per heavy atom. The summed E-state index contributed by atoms with van der Waals surface area (Å²) in [5.74, 6) is 2.05. The summed E-state index contributed by atoms with van der Waals surface area (Å²) in [6, 6.07) is 0. The summed E-state index contributed by atoms with van der Waals surface area (Å²) in [5.41, 5.74) is 0. The second kappa shape index (κ2) is 4.00. The quantitative estimate of drug-likeness (QED) is 0.482. The molecule has 0 nitrogen and oxygen atoms in total. The molecule has 2 rings (SSSR count). The highest BCUT2D eigenvalue weighted by Gasteiger charge is 2.15. The van der Waals surface area contributed by atoms with Crippen molar-refractivity contribution in [2.24, 2.45) is 11.8 Å². The fraction of sp³-hybridized carbons (Fsp3) is 1.00. The SMILES string of the molecule is C1CC1.CC1CCC(C)C1. The standard InChI is InChI=1S/C7H14.C3H6/c1-6-3-4-7(2)5-6;1-2-3-1/h6-7H,3-5H2,1-2H3;1-3H2. The van der Waals surface area contributed by atoms with E-state index in [1.165, 1.54) is 38.5 Å². The van der Waals surface area contributed by atoms with Gasteiger partial charge in [0, 0.05) is 0 Å². The second-order valence-electron chi connectivity index (χ2n) is 4.08. The summed E-state index contributed by atoms with van der Waals surface area (Å²) < 4.78 is 0. The molecule has 0 aliphatic heterocycles. The Morgan fingerprint density at radius 1 is 0.800 bits per heavy atom. The third-order valence-corrected chi connectivity index (χ3v) is 2.31. The van der Waals surface area contributed by atoms with E-state index < -0.39 is 0 Å². The van der Waals surface area contributed by atoms with Crippen LogP contribution in [0, 0.1) is 11.8 Å². The number of hydrogen-bond acceptors (Lipinski definition) is 0. The van der Waals surface area contributed by atoms with Crippen LogP contribution in [0.15, 0.2) is 0 Å². The smallest absolute Gasteiger partial charge is 0.0440 e. The summed E-state index contributed by atoms with van der Waals surface area (Å²) in [6.45, 7) is 4.70. The zero-order valence-corrected chi connectivity index (χ0v) is 7.40. The molecule has 2 aliphatic rings. The lowest BCUT2D eigenvalue weighted by Crippen LogP contribution is -1.84. The van der Waals surface area contributed by atoms with Crippen molar-refractivity contribution in [3.05, 3.63) is 0 Å². The van der Waals surface area contributed by atoms with Gasteiger partial charge in [0.25, 0.3) is 0 Å². The highest BCUT2D eigenvalue weighted by Crippen LogP contribution is 2.29. The van der Waals surface area contributed by atoms with Crippen LogP contribution in [-0.2, 0) is 0 Å². The van der Waals surface area contributed by atoms with Gasteiger partial charge in [-0.15, -0.1) is 0 Å². The normalized spacial score (nSPS) is 36.6. The molecule has 10 heavy (non-hydrogen) atoms. The monoisotopic (exact) mass is 140 g/mol. The molecule has 0 spiro atoms. The van der Waals surface area contributed by atoms with Crippen molar-refractivity contribution in [1.82, 2.24) is 0 Å². The van der Waals surface area contributed by atoms with E-state index in [-0.39, 0.29) is 0 Å². The van der Waals surface area contributed by atoms with Gasteiger partial charge in [-0.1, -0.05) is 46.0 Å². The summed E-state index contributed by atoms with van der Waals surface area (Å²) in [5, 5.41) is 0. The van der Waals surface area contributed by atoms with Gasteiger partial charge >= 0.3 is 0 Å². The first kappa shape index (κ1) is 8.10. The van der Waals surface area contributed by atoms with Gasteiger partial charge in [-0.05, 0) is 18.3 Å². The Kier molecular flexibility index (Phi) is 3.24. The zero-order chi connectivity index (χ0) is 7.40. The minimum Gasteiger partial charge on any atom is -0.0625 e. The first-order chi connectivity index (χ1) is 4.79. The van der Waals surface area contributed by atoms with Crippen LogP contribution in [0.2, 0.25) is 0 Å². The number of hydrogen-bond donors (Lipinski definition) is 0. The average molecular weight is 140 g/mol. The summed E-state index contributed by atoms with van der Waals surface area (Å²) >= 11 is 0. The van der Waals surface area contributed by atoms with Crippen LogP contribution in [0.1, 0.15) is 52.4 Å². The molecule has 2 unspecified atom stereocenters. The molecule has 2 saturated carbocycles. The summed E-state index contributed by atoms with van der Waals surface area (Å²) in [7, 11) is 0. The van der Waals surface area contributed by atoms with E-state index in [0.29, 0.717) is 0 Å². The molecule has 0 N–H and O–H groups in total. The first-order valence-corrected chi connectivity index (χ1v) is 4.79. The van der Waals surface area contributed by atoms with Crippen LogP contribution in [0.4, 0.5) is 0 Å². The highest BCUT2D eigenvalue weighted by molar-refractivity contribution is 4.68. The molecule has 0 aromatic carbocycles. The maximum atomic E-state index is 2.35. The van der Waals surface area contributed by atoms with E-state index in [9.17, 15) is 0 Å². The lowest BCUT2D eigenvalue weighted by Gasteiger charge is -1.96. The minimum absolute atomic E-state index is 1.02. The van der Waals surface area contributed by atoms with Crippen LogP contribution >= 0.6 is 0 Å². The van der Waals surface area contributed by atoms with Crippen molar-refractivity contribution in [2.75, 3.05) is 0 Å². The van der Waals surface area contributed by atoms with Gasteiger partial charge in [0.15, 0.2) is 0 Å². The van der Waals surface area contributed by atoms with Crippen LogP contribution in [0.3, 0.4) is 0 Å². The van der Waals surface area contributed by atoms with Crippen molar-refractivity contribution in [3.63, 3.8) is 0 Å². The van der Waals surface area contributed by atoms with E-state index in [2.05, 4.69) is 13.8 Å². The maximum Gasteiger partial charge on any atom is -0.0440 e. The molecule has 2 atom stereocenters. The van der Waals surface area contributed by atoms with Crippen molar-refractivity contribution < 1.29 is 0 Å². The molecule has 0 radical (unpaired) electrons. The largest absolute Gasteiger partial charge is 0.0625 e. The van der Waals surface area contributed by atoms with Crippen molar-refractivity contribution in [1.29, 1.82) is 0 Å². The predicted molar refractivity (Wildman–Crippen MR) is 46.0 cm³/mol. The average Bonchev–Trinajstić information content (AvgIpc) is 2.67. The van der Waals surface area contributed by atoms with Gasteiger partial charge in [0.2, 0.25) is 0 Å². The van der Waals surface area contributed by atoms with E-state index in [4.69, 9.17) is 0 Å². The van der Waals surface area contributed by atoms with Gasteiger partial charge in [-0.3, -0.25) is 0 Å². The Morgan fingerprint density at radius 2 is 1.20 bits per heavy atom. The van der Waals surface area contributed by atoms with E-state index in [1.54, 1.807) is 0 Å². The molecule has 0 heterocycles. The Balaban J connectivity index is 0.000000138. The third kappa shape index (κ3) is 3.92. The van der Waals surface area contributed by atoms with E-state index >= 15 is 0 Å². The molecule has 0 heteroatoms. The minimum atomic E-state index is 1.02. The molecule has 0 saturated heterocycles. The number of rotatable bonds is 0. The fourth-order valence-corrected chi connectivity index (χ4v) is 1.49. The summed E-state index contributed by atoms with van der Waals surface area (Å²) in [4.78, 5) is 0. The van der Waals surface area contributed by atoms with E-state index in [1.807, 2.05) is 0 Å². The third-order valence-electron chi connectivity index (χ3n) is 2.31. The lowest BCUT2D eigenvalue weighted by atomic mass is 10.1. The molecule has 2 aliphatic carbocycles. The molecule has 60 valence electrons.